The number of carbonyl (C=O) groups excluding carboxylic acids is 2. The lowest BCUT2D eigenvalue weighted by Crippen LogP contribution is -2.21. The van der Waals surface area contributed by atoms with Crippen molar-refractivity contribution < 1.29 is 28.4 Å². The van der Waals surface area contributed by atoms with Crippen molar-refractivity contribution in [1.29, 1.82) is 0 Å². The molecular formula is C21H15FN2O6. The number of ether oxygens (including phenoxy) is 2. The number of hydrogen-bond acceptors (Lipinski definition) is 6. The summed E-state index contributed by atoms with van der Waals surface area (Å²) in [6.07, 6.45) is 0. The van der Waals surface area contributed by atoms with Gasteiger partial charge in [0.05, 0.1) is 10.5 Å². The van der Waals surface area contributed by atoms with E-state index in [0.29, 0.717) is 11.5 Å². The third-order valence-electron chi connectivity index (χ3n) is 3.83. The quantitative estimate of drug-likeness (QED) is 0.353. The number of carbonyl (C=O) groups is 2. The van der Waals surface area contributed by atoms with Gasteiger partial charge in [-0.15, -0.1) is 0 Å². The highest BCUT2D eigenvalue weighted by atomic mass is 19.1. The van der Waals surface area contributed by atoms with E-state index in [-0.39, 0.29) is 11.3 Å². The summed E-state index contributed by atoms with van der Waals surface area (Å²) in [7, 11) is 0. The summed E-state index contributed by atoms with van der Waals surface area (Å²) < 4.78 is 23.9. The van der Waals surface area contributed by atoms with E-state index in [1.54, 1.807) is 24.3 Å². The first kappa shape index (κ1) is 20.5. The Balaban J connectivity index is 1.53. The number of nitrogens with one attached hydrogen (secondary N) is 1. The highest BCUT2D eigenvalue weighted by molar-refractivity contribution is 5.95. The molecule has 1 amide bonds. The Morgan fingerprint density at radius 2 is 1.63 bits per heavy atom. The summed E-state index contributed by atoms with van der Waals surface area (Å²) in [4.78, 5) is 33.8. The van der Waals surface area contributed by atoms with E-state index in [0.717, 1.165) is 18.2 Å². The van der Waals surface area contributed by atoms with Crippen LogP contribution in [0.15, 0.2) is 72.8 Å². The van der Waals surface area contributed by atoms with Crippen molar-refractivity contribution in [1.82, 2.24) is 0 Å². The van der Waals surface area contributed by atoms with Crippen LogP contribution in [0.2, 0.25) is 0 Å². The zero-order valence-electron chi connectivity index (χ0n) is 15.4. The Morgan fingerprint density at radius 3 is 2.30 bits per heavy atom. The number of nitro groups is 1. The van der Waals surface area contributed by atoms with E-state index in [2.05, 4.69) is 5.32 Å². The summed E-state index contributed by atoms with van der Waals surface area (Å²) in [6, 6.07) is 18.1. The third kappa shape index (κ3) is 5.38. The molecule has 0 aliphatic rings. The fourth-order valence-corrected chi connectivity index (χ4v) is 2.43. The number of amides is 1. The Morgan fingerprint density at radius 1 is 0.967 bits per heavy atom. The van der Waals surface area contributed by atoms with Crippen molar-refractivity contribution in [3.63, 3.8) is 0 Å². The van der Waals surface area contributed by atoms with Crippen molar-refractivity contribution in [2.45, 2.75) is 0 Å². The van der Waals surface area contributed by atoms with Crippen LogP contribution < -0.4 is 10.1 Å². The second kappa shape index (κ2) is 9.28. The molecule has 0 radical (unpaired) electrons. The minimum Gasteiger partial charge on any atom is -0.457 e. The van der Waals surface area contributed by atoms with Crippen LogP contribution >= 0.6 is 0 Å². The van der Waals surface area contributed by atoms with Gasteiger partial charge in [-0.3, -0.25) is 14.9 Å². The average molecular weight is 410 g/mol. The number of rotatable bonds is 7. The molecule has 0 heterocycles. The SMILES string of the molecule is O=C(COC(=O)c1ccc(Oc2ccccc2)cc1)Nc1ccc(F)c([N+](=O)[O-])c1. The normalized spacial score (nSPS) is 10.2. The van der Waals surface area contributed by atoms with Crippen molar-refractivity contribution in [3.8, 4) is 11.5 Å². The molecule has 0 fully saturated rings. The third-order valence-corrected chi connectivity index (χ3v) is 3.83. The van der Waals surface area contributed by atoms with Crippen LogP contribution in [0.4, 0.5) is 15.8 Å². The van der Waals surface area contributed by atoms with Gasteiger partial charge in [0.1, 0.15) is 11.5 Å². The molecule has 152 valence electrons. The number of anilines is 1. The molecule has 0 bridgehead atoms. The molecule has 8 nitrogen and oxygen atoms in total. The predicted octanol–water partition coefficient (Wildman–Crippen LogP) is 4.32. The van der Waals surface area contributed by atoms with Crippen LogP contribution in [-0.4, -0.2) is 23.4 Å². The van der Waals surface area contributed by atoms with E-state index >= 15 is 0 Å². The van der Waals surface area contributed by atoms with Gasteiger partial charge in [0.25, 0.3) is 5.91 Å². The Bertz CT molecular complexity index is 1070. The number of nitro benzene ring substituents is 1. The van der Waals surface area contributed by atoms with Gasteiger partial charge < -0.3 is 14.8 Å². The second-order valence-corrected chi connectivity index (χ2v) is 5.99. The van der Waals surface area contributed by atoms with Crippen molar-refractivity contribution in [3.05, 3.63) is 94.3 Å². The summed E-state index contributed by atoms with van der Waals surface area (Å²) in [5.74, 6) is -1.32. The molecule has 0 saturated heterocycles. The van der Waals surface area contributed by atoms with E-state index < -0.39 is 34.9 Å². The molecule has 0 saturated carbocycles. The van der Waals surface area contributed by atoms with Gasteiger partial charge in [0, 0.05) is 11.8 Å². The van der Waals surface area contributed by atoms with Crippen LogP contribution in [0.25, 0.3) is 0 Å². The van der Waals surface area contributed by atoms with Crippen LogP contribution in [0.5, 0.6) is 11.5 Å². The Labute approximate surface area is 170 Å². The zero-order valence-corrected chi connectivity index (χ0v) is 15.4. The molecule has 30 heavy (non-hydrogen) atoms. The zero-order chi connectivity index (χ0) is 21.5. The van der Waals surface area contributed by atoms with Crippen molar-refractivity contribution in [2.24, 2.45) is 0 Å². The fourth-order valence-electron chi connectivity index (χ4n) is 2.43. The molecule has 3 aromatic carbocycles. The van der Waals surface area contributed by atoms with Gasteiger partial charge in [-0.05, 0) is 48.5 Å². The molecular weight excluding hydrogens is 395 g/mol. The molecule has 0 atom stereocenters. The number of esters is 1. The Kier molecular flexibility index (Phi) is 6.33. The predicted molar refractivity (Wildman–Crippen MR) is 105 cm³/mol. The molecule has 3 rings (SSSR count). The molecule has 0 spiro atoms. The monoisotopic (exact) mass is 410 g/mol. The molecule has 3 aromatic rings. The highest BCUT2D eigenvalue weighted by Gasteiger charge is 2.16. The first-order valence-electron chi connectivity index (χ1n) is 8.66. The molecule has 0 aliphatic carbocycles. The number of nitrogens with zero attached hydrogens (tertiary/aromatic N) is 1. The fraction of sp³-hybridized carbons (Fsp3) is 0.0476. The minimum absolute atomic E-state index is 0.00608. The molecule has 9 heteroatoms. The number of benzene rings is 3. The maximum absolute atomic E-state index is 13.3. The maximum Gasteiger partial charge on any atom is 0.338 e. The van der Waals surface area contributed by atoms with Gasteiger partial charge >= 0.3 is 11.7 Å². The van der Waals surface area contributed by atoms with Gasteiger partial charge in [-0.2, -0.15) is 4.39 Å². The largest absolute Gasteiger partial charge is 0.457 e. The van der Waals surface area contributed by atoms with Crippen molar-refractivity contribution >= 4 is 23.3 Å². The molecule has 1 N–H and O–H groups in total. The number of hydrogen-bond donors (Lipinski definition) is 1. The van der Waals surface area contributed by atoms with Gasteiger partial charge in [-0.1, -0.05) is 18.2 Å². The first-order chi connectivity index (χ1) is 14.4. The van der Waals surface area contributed by atoms with E-state index in [4.69, 9.17) is 9.47 Å². The molecule has 0 aliphatic heterocycles. The maximum atomic E-state index is 13.3. The van der Waals surface area contributed by atoms with E-state index in [9.17, 15) is 24.1 Å². The lowest BCUT2D eigenvalue weighted by molar-refractivity contribution is -0.387. The molecule has 0 aromatic heterocycles. The smallest absolute Gasteiger partial charge is 0.338 e. The van der Waals surface area contributed by atoms with Crippen LogP contribution in [0, 0.1) is 15.9 Å². The van der Waals surface area contributed by atoms with Gasteiger partial charge in [0.15, 0.2) is 6.61 Å². The first-order valence-corrected chi connectivity index (χ1v) is 8.66. The lowest BCUT2D eigenvalue weighted by atomic mass is 10.2. The van der Waals surface area contributed by atoms with Crippen LogP contribution in [-0.2, 0) is 9.53 Å². The Hall–Kier alpha value is -4.27. The van der Waals surface area contributed by atoms with E-state index in [1.807, 2.05) is 18.2 Å². The van der Waals surface area contributed by atoms with Crippen LogP contribution in [0.3, 0.4) is 0 Å². The van der Waals surface area contributed by atoms with E-state index in [1.165, 1.54) is 12.1 Å². The topological polar surface area (TPSA) is 108 Å². The summed E-state index contributed by atoms with van der Waals surface area (Å²) in [5.41, 5.74) is -0.560. The summed E-state index contributed by atoms with van der Waals surface area (Å²) >= 11 is 0. The number of para-hydroxylation sites is 1. The number of halogens is 1. The standard InChI is InChI=1S/C21H15FN2O6/c22-18-11-8-15(12-19(18)24(27)28)23-20(25)13-29-21(26)14-6-9-17(10-7-14)30-16-4-2-1-3-5-16/h1-12H,13H2,(H,23,25). The lowest BCUT2D eigenvalue weighted by Gasteiger charge is -2.08. The van der Waals surface area contributed by atoms with Gasteiger partial charge in [-0.25, -0.2) is 4.79 Å². The minimum atomic E-state index is -1.02. The molecule has 0 unspecified atom stereocenters. The van der Waals surface area contributed by atoms with Crippen molar-refractivity contribution in [2.75, 3.05) is 11.9 Å². The summed E-state index contributed by atoms with van der Waals surface area (Å²) in [6.45, 7) is -0.619. The average Bonchev–Trinajstić information content (AvgIpc) is 2.74. The highest BCUT2D eigenvalue weighted by Crippen LogP contribution is 2.22. The van der Waals surface area contributed by atoms with Gasteiger partial charge in [0.2, 0.25) is 5.82 Å². The summed E-state index contributed by atoms with van der Waals surface area (Å²) in [5, 5.41) is 13.0. The van der Waals surface area contributed by atoms with Crippen LogP contribution in [0.1, 0.15) is 10.4 Å². The second-order valence-electron chi connectivity index (χ2n) is 5.99.